The van der Waals surface area contributed by atoms with Gasteiger partial charge in [-0.3, -0.25) is 4.79 Å². The molecule has 2 unspecified atom stereocenters. The van der Waals surface area contributed by atoms with Crippen LogP contribution >= 0.6 is 0 Å². The first-order chi connectivity index (χ1) is 15.5. The third-order valence-corrected chi connectivity index (χ3v) is 8.66. The number of hydrogen-bond acceptors (Lipinski definition) is 4. The largest absolute Gasteiger partial charge is 0.593 e. The Hall–Kier alpha value is -2.81. The molecule has 2 aromatic carbocycles. The van der Waals surface area contributed by atoms with Crippen LogP contribution in [0.5, 0.6) is 0 Å². The summed E-state index contributed by atoms with van der Waals surface area (Å²) >= 11 is 0. The molecule has 0 N–H and O–H groups in total. The smallest absolute Gasteiger partial charge is 0.273 e. The number of hydrogen-bond donors (Lipinski definition) is 0. The van der Waals surface area contributed by atoms with Gasteiger partial charge in [0.15, 0.2) is 15.3 Å². The van der Waals surface area contributed by atoms with Gasteiger partial charge in [0.1, 0.15) is 5.69 Å². The average molecular weight is 449 g/mol. The van der Waals surface area contributed by atoms with E-state index in [9.17, 15) is 13.6 Å². The van der Waals surface area contributed by atoms with Crippen molar-refractivity contribution in [1.29, 1.82) is 0 Å². The third-order valence-electron chi connectivity index (χ3n) is 6.81. The highest BCUT2D eigenvalue weighted by atomic mass is 32.3. The lowest BCUT2D eigenvalue weighted by atomic mass is 10.0. The van der Waals surface area contributed by atoms with E-state index in [1.165, 1.54) is 4.31 Å². The molecule has 1 saturated carbocycles. The molecule has 2 fully saturated rings. The number of aromatic nitrogens is 2. The maximum Gasteiger partial charge on any atom is 0.273 e. The molecule has 8 heteroatoms. The zero-order chi connectivity index (χ0) is 22.0. The maximum absolute atomic E-state index is 13.7. The van der Waals surface area contributed by atoms with Crippen LogP contribution in [0.1, 0.15) is 40.6 Å². The van der Waals surface area contributed by atoms with Crippen LogP contribution in [0, 0.1) is 12.8 Å². The van der Waals surface area contributed by atoms with Crippen LogP contribution in [0.4, 0.5) is 0 Å². The van der Waals surface area contributed by atoms with Crippen LogP contribution in [0.15, 0.2) is 65.6 Å². The molecule has 6 rings (SSSR count). The molecule has 1 aromatic heterocycles. The number of rotatable bonds is 5. The van der Waals surface area contributed by atoms with Crippen molar-refractivity contribution >= 4 is 16.3 Å². The van der Waals surface area contributed by atoms with Gasteiger partial charge in [0.2, 0.25) is 0 Å². The molecule has 7 nitrogen and oxygen atoms in total. The second kappa shape index (κ2) is 7.10. The highest BCUT2D eigenvalue weighted by Gasteiger charge is 2.55. The van der Waals surface area contributed by atoms with Gasteiger partial charge in [-0.25, -0.2) is 4.68 Å². The van der Waals surface area contributed by atoms with E-state index in [1.54, 1.807) is 35.0 Å². The zero-order valence-corrected chi connectivity index (χ0v) is 18.6. The minimum atomic E-state index is -3.54. The van der Waals surface area contributed by atoms with Crippen molar-refractivity contribution in [3.05, 3.63) is 77.6 Å². The summed E-state index contributed by atoms with van der Waals surface area (Å²) < 4.78 is 29.1. The number of amides is 1. The molecule has 1 amide bonds. The first-order valence-corrected chi connectivity index (χ1v) is 12.4. The summed E-state index contributed by atoms with van der Waals surface area (Å²) in [7, 11) is -3.54. The summed E-state index contributed by atoms with van der Waals surface area (Å²) in [4.78, 5) is 16.0. The van der Waals surface area contributed by atoms with Crippen molar-refractivity contribution in [2.45, 2.75) is 36.7 Å². The van der Waals surface area contributed by atoms with Crippen molar-refractivity contribution in [2.24, 2.45) is 5.92 Å². The van der Waals surface area contributed by atoms with E-state index in [0.717, 1.165) is 29.8 Å². The van der Waals surface area contributed by atoms with Crippen LogP contribution in [0.25, 0.3) is 5.69 Å². The zero-order valence-electron chi connectivity index (χ0n) is 17.8. The van der Waals surface area contributed by atoms with Crippen LogP contribution in [0.3, 0.4) is 0 Å². The SMILES string of the molecule is Cc1nn(-c2ccccc2)c2c1C(C1CC1)N(C1CN([S+](=O)([O-])c3ccccc3)C1)C2=O. The van der Waals surface area contributed by atoms with Gasteiger partial charge in [-0.2, -0.15) is 5.10 Å². The van der Waals surface area contributed by atoms with Gasteiger partial charge in [0.25, 0.3) is 5.91 Å². The Kier molecular flexibility index (Phi) is 4.40. The van der Waals surface area contributed by atoms with Crippen LogP contribution in [-0.2, 0) is 14.6 Å². The van der Waals surface area contributed by atoms with Crippen molar-refractivity contribution in [1.82, 2.24) is 19.0 Å². The predicted octanol–water partition coefficient (Wildman–Crippen LogP) is 3.38. The Morgan fingerprint density at radius 1 is 1.00 bits per heavy atom. The molecule has 2 atom stereocenters. The molecule has 0 spiro atoms. The number of fused-ring (bicyclic) bond motifs is 1. The van der Waals surface area contributed by atoms with E-state index in [0.29, 0.717) is 29.6 Å². The van der Waals surface area contributed by atoms with E-state index in [2.05, 4.69) is 0 Å². The number of para-hydroxylation sites is 1. The fraction of sp³-hybridized carbons (Fsp3) is 0.333. The van der Waals surface area contributed by atoms with Crippen molar-refractivity contribution in [3.63, 3.8) is 0 Å². The molecule has 164 valence electrons. The molecule has 1 saturated heterocycles. The fourth-order valence-electron chi connectivity index (χ4n) is 5.04. The summed E-state index contributed by atoms with van der Waals surface area (Å²) in [6, 6.07) is 18.1. The Labute approximate surface area is 188 Å². The van der Waals surface area contributed by atoms with Crippen LogP contribution in [0.2, 0.25) is 0 Å². The minimum absolute atomic E-state index is 0.0125. The molecule has 1 aliphatic carbocycles. The molecule has 3 heterocycles. The molecule has 3 aromatic rings. The number of benzene rings is 2. The van der Waals surface area contributed by atoms with Gasteiger partial charge in [-0.15, -0.1) is 4.31 Å². The fourth-order valence-corrected chi connectivity index (χ4v) is 6.58. The van der Waals surface area contributed by atoms with E-state index in [4.69, 9.17) is 5.10 Å². The number of aryl methyl sites for hydroxylation is 1. The van der Waals surface area contributed by atoms with Gasteiger partial charge in [0, 0.05) is 5.56 Å². The predicted molar refractivity (Wildman–Crippen MR) is 119 cm³/mol. The van der Waals surface area contributed by atoms with Crippen molar-refractivity contribution in [3.8, 4) is 5.69 Å². The molecule has 0 radical (unpaired) electrons. The summed E-state index contributed by atoms with van der Waals surface area (Å²) in [5, 5.41) is 4.71. The molecular formula is C24H24N4O3S. The standard InChI is InChI=1S/C24H24N4O3S/c1-16-21-22(17-12-13-17)27(24(29)23(21)28(25-16)18-8-4-2-5-9-18)19-14-26(15-19)32(30,31)20-10-6-3-7-11-20/h2-11,17,19,22H,12-15H2,1H3. The Bertz CT molecular complexity index is 1230. The van der Waals surface area contributed by atoms with Crippen LogP contribution in [-0.4, -0.2) is 48.6 Å². The number of sulfonamides is 1. The van der Waals surface area contributed by atoms with Gasteiger partial charge in [0.05, 0.1) is 36.6 Å². The Morgan fingerprint density at radius 3 is 2.25 bits per heavy atom. The number of nitrogens with zero attached hydrogens (tertiary/aromatic N) is 4. The van der Waals surface area contributed by atoms with E-state index < -0.39 is 10.4 Å². The van der Waals surface area contributed by atoms with E-state index >= 15 is 0 Å². The van der Waals surface area contributed by atoms with Gasteiger partial charge in [-0.1, -0.05) is 40.6 Å². The van der Waals surface area contributed by atoms with Gasteiger partial charge in [-0.05, 0) is 49.9 Å². The minimum Gasteiger partial charge on any atom is -0.593 e. The molecule has 0 bridgehead atoms. The maximum atomic E-state index is 13.7. The number of carbonyl (C=O) groups is 1. The second-order valence-electron chi connectivity index (χ2n) is 8.88. The lowest BCUT2D eigenvalue weighted by Crippen LogP contribution is -2.63. The van der Waals surface area contributed by atoms with Gasteiger partial charge >= 0.3 is 0 Å². The summed E-state index contributed by atoms with van der Waals surface area (Å²) in [5.74, 6) is 0.384. The highest BCUT2D eigenvalue weighted by molar-refractivity contribution is 7.95. The summed E-state index contributed by atoms with van der Waals surface area (Å²) in [5.41, 5.74) is 3.40. The quantitative estimate of drug-likeness (QED) is 0.561. The first-order valence-electron chi connectivity index (χ1n) is 11.0. The first kappa shape index (κ1) is 19.8. The van der Waals surface area contributed by atoms with Crippen LogP contribution < -0.4 is 0 Å². The summed E-state index contributed by atoms with van der Waals surface area (Å²) in [6.07, 6.45) is 2.17. The Morgan fingerprint density at radius 2 is 1.62 bits per heavy atom. The lowest BCUT2D eigenvalue weighted by molar-refractivity contribution is 0.0337. The molecule has 32 heavy (non-hydrogen) atoms. The highest BCUT2D eigenvalue weighted by Crippen LogP contribution is 2.52. The molecular weight excluding hydrogens is 424 g/mol. The lowest BCUT2D eigenvalue weighted by Gasteiger charge is -2.45. The van der Waals surface area contributed by atoms with E-state index in [-0.39, 0.29) is 18.0 Å². The summed E-state index contributed by atoms with van der Waals surface area (Å²) in [6.45, 7) is 2.62. The Balaban J connectivity index is 1.31. The van der Waals surface area contributed by atoms with Crippen molar-refractivity contribution < 1.29 is 13.6 Å². The molecule has 3 aliphatic rings. The topological polar surface area (TPSA) is 81.5 Å². The van der Waals surface area contributed by atoms with E-state index in [1.807, 2.05) is 42.2 Å². The van der Waals surface area contributed by atoms with Crippen molar-refractivity contribution in [2.75, 3.05) is 13.1 Å². The number of carbonyl (C=O) groups excluding carboxylic acids is 1. The normalized spacial score (nSPS) is 23.1. The second-order valence-corrected chi connectivity index (χ2v) is 10.8. The third kappa shape index (κ3) is 2.90. The molecule has 2 aliphatic heterocycles. The monoisotopic (exact) mass is 448 g/mol. The average Bonchev–Trinajstić information content (AvgIpc) is 3.49. The van der Waals surface area contributed by atoms with Gasteiger partial charge < -0.3 is 9.45 Å².